The van der Waals surface area contributed by atoms with E-state index in [9.17, 15) is 0 Å². The molecule has 0 amide bonds. The van der Waals surface area contributed by atoms with Crippen LogP contribution in [0, 0.1) is 0 Å². The van der Waals surface area contributed by atoms with Crippen molar-refractivity contribution in [3.8, 4) is 0 Å². The summed E-state index contributed by atoms with van der Waals surface area (Å²) in [6, 6.07) is 8.72. The molecule has 2 rings (SSSR count). The molecule has 1 nitrogen and oxygen atoms in total. The van der Waals surface area contributed by atoms with Crippen molar-refractivity contribution in [2.75, 3.05) is 6.54 Å². The number of thioether (sulfide) groups is 1. The zero-order chi connectivity index (χ0) is 9.10. The Hall–Kier alpha value is -0.470. The van der Waals surface area contributed by atoms with Crippen molar-refractivity contribution in [2.45, 2.75) is 30.0 Å². The third-order valence-electron chi connectivity index (χ3n) is 2.35. The van der Waals surface area contributed by atoms with Gasteiger partial charge in [0, 0.05) is 4.90 Å². The molecule has 70 valence electrons. The summed E-state index contributed by atoms with van der Waals surface area (Å²) < 4.78 is 0. The fourth-order valence-corrected chi connectivity index (χ4v) is 2.97. The Balaban J connectivity index is 2.11. The Morgan fingerprint density at radius 3 is 3.15 bits per heavy atom. The Kier molecular flexibility index (Phi) is 2.91. The minimum absolute atomic E-state index is 0.625. The first-order valence-corrected chi connectivity index (χ1v) is 5.76. The molecule has 1 aromatic rings. The lowest BCUT2D eigenvalue weighted by Crippen LogP contribution is -2.28. The maximum atomic E-state index is 3.49. The summed E-state index contributed by atoms with van der Waals surface area (Å²) in [6.45, 7) is 3.24. The first-order valence-electron chi connectivity index (χ1n) is 4.88. The van der Waals surface area contributed by atoms with Gasteiger partial charge in [0.1, 0.15) is 0 Å². The van der Waals surface area contributed by atoms with E-state index in [0.29, 0.717) is 5.37 Å². The molecule has 0 aliphatic carbocycles. The van der Waals surface area contributed by atoms with Crippen LogP contribution in [0.25, 0.3) is 0 Å². The van der Waals surface area contributed by atoms with E-state index in [2.05, 4.69) is 36.5 Å². The van der Waals surface area contributed by atoms with Crippen molar-refractivity contribution in [1.29, 1.82) is 0 Å². The molecule has 1 aliphatic heterocycles. The lowest BCUT2D eigenvalue weighted by Gasteiger charge is -2.24. The highest BCUT2D eigenvalue weighted by molar-refractivity contribution is 8.00. The second-order valence-electron chi connectivity index (χ2n) is 3.31. The molecule has 0 spiro atoms. The van der Waals surface area contributed by atoms with Gasteiger partial charge in [-0.15, -0.1) is 11.8 Å². The Morgan fingerprint density at radius 1 is 1.46 bits per heavy atom. The molecule has 13 heavy (non-hydrogen) atoms. The zero-order valence-corrected chi connectivity index (χ0v) is 8.73. The number of hydrogen-bond donors (Lipinski definition) is 1. The lowest BCUT2D eigenvalue weighted by atomic mass is 10.1. The normalized spacial score (nSPS) is 21.2. The number of benzene rings is 1. The molecular weight excluding hydrogens is 178 g/mol. The first-order chi connectivity index (χ1) is 6.40. The summed E-state index contributed by atoms with van der Waals surface area (Å²) in [5.74, 6) is 0. The third kappa shape index (κ3) is 2.06. The first kappa shape index (κ1) is 9.10. The van der Waals surface area contributed by atoms with E-state index in [0.717, 1.165) is 6.54 Å². The van der Waals surface area contributed by atoms with Gasteiger partial charge in [-0.2, -0.15) is 0 Å². The van der Waals surface area contributed by atoms with E-state index in [-0.39, 0.29) is 0 Å². The Morgan fingerprint density at radius 2 is 2.31 bits per heavy atom. The summed E-state index contributed by atoms with van der Waals surface area (Å²) >= 11 is 1.97. The van der Waals surface area contributed by atoms with Crippen molar-refractivity contribution in [2.24, 2.45) is 0 Å². The monoisotopic (exact) mass is 193 g/mol. The zero-order valence-electron chi connectivity index (χ0n) is 7.92. The van der Waals surface area contributed by atoms with Gasteiger partial charge in [0.15, 0.2) is 0 Å². The number of aryl methyl sites for hydroxylation is 1. The summed E-state index contributed by atoms with van der Waals surface area (Å²) in [6.07, 6.45) is 2.48. The molecule has 0 saturated heterocycles. The van der Waals surface area contributed by atoms with Crippen LogP contribution in [-0.2, 0) is 6.42 Å². The molecule has 0 fully saturated rings. The van der Waals surface area contributed by atoms with Crippen LogP contribution in [0.2, 0.25) is 0 Å². The van der Waals surface area contributed by atoms with Gasteiger partial charge in [-0.25, -0.2) is 0 Å². The van der Waals surface area contributed by atoms with Gasteiger partial charge >= 0.3 is 0 Å². The minimum atomic E-state index is 0.625. The predicted molar refractivity (Wildman–Crippen MR) is 58.1 cm³/mol. The van der Waals surface area contributed by atoms with Crippen LogP contribution in [0.4, 0.5) is 0 Å². The summed E-state index contributed by atoms with van der Waals surface area (Å²) in [7, 11) is 0. The number of hydrogen-bond acceptors (Lipinski definition) is 2. The van der Waals surface area contributed by atoms with Gasteiger partial charge in [-0.1, -0.05) is 25.1 Å². The van der Waals surface area contributed by atoms with E-state index in [1.165, 1.54) is 23.3 Å². The van der Waals surface area contributed by atoms with Crippen LogP contribution in [-0.4, -0.2) is 11.9 Å². The van der Waals surface area contributed by atoms with Gasteiger partial charge in [0.2, 0.25) is 0 Å². The van der Waals surface area contributed by atoms with E-state index in [4.69, 9.17) is 0 Å². The summed E-state index contributed by atoms with van der Waals surface area (Å²) in [4.78, 5) is 1.46. The lowest BCUT2D eigenvalue weighted by molar-refractivity contribution is 0.617. The number of rotatable bonds is 2. The maximum absolute atomic E-state index is 3.49. The standard InChI is InChI=1S/C11H15NS/c1-2-12-11-8-7-9-5-3-4-6-10(9)13-11/h3-6,11-12H,2,7-8H2,1H3. The van der Waals surface area contributed by atoms with Gasteiger partial charge in [-0.05, 0) is 31.0 Å². The van der Waals surface area contributed by atoms with E-state index in [1.54, 1.807) is 0 Å². The van der Waals surface area contributed by atoms with Crippen molar-refractivity contribution in [3.05, 3.63) is 29.8 Å². The van der Waals surface area contributed by atoms with Crippen LogP contribution >= 0.6 is 11.8 Å². The highest BCUT2D eigenvalue weighted by Gasteiger charge is 2.17. The molecule has 1 aromatic carbocycles. The van der Waals surface area contributed by atoms with Gasteiger partial charge in [-0.3, -0.25) is 0 Å². The fourth-order valence-electron chi connectivity index (χ4n) is 1.70. The highest BCUT2D eigenvalue weighted by atomic mass is 32.2. The van der Waals surface area contributed by atoms with Gasteiger partial charge in [0.05, 0.1) is 5.37 Å². The molecule has 0 radical (unpaired) electrons. The molecule has 1 heterocycles. The van der Waals surface area contributed by atoms with Crippen LogP contribution in [0.1, 0.15) is 18.9 Å². The fraction of sp³-hybridized carbons (Fsp3) is 0.455. The summed E-state index contributed by atoms with van der Waals surface area (Å²) in [5.41, 5.74) is 1.52. The molecule has 1 unspecified atom stereocenters. The molecule has 0 bridgehead atoms. The average Bonchev–Trinajstić information content (AvgIpc) is 2.18. The second-order valence-corrected chi connectivity index (χ2v) is 4.56. The Bertz CT molecular complexity index is 285. The van der Waals surface area contributed by atoms with Crippen LogP contribution in [0.3, 0.4) is 0 Å². The predicted octanol–water partition coefficient (Wildman–Crippen LogP) is 2.66. The number of fused-ring (bicyclic) bond motifs is 1. The molecule has 1 aliphatic rings. The maximum Gasteiger partial charge on any atom is 0.0582 e. The van der Waals surface area contributed by atoms with Gasteiger partial charge < -0.3 is 5.32 Å². The van der Waals surface area contributed by atoms with Crippen LogP contribution in [0.15, 0.2) is 29.2 Å². The third-order valence-corrected chi connectivity index (χ3v) is 3.69. The molecule has 2 heteroatoms. The smallest absolute Gasteiger partial charge is 0.0582 e. The molecule has 1 N–H and O–H groups in total. The van der Waals surface area contributed by atoms with Crippen molar-refractivity contribution in [1.82, 2.24) is 5.32 Å². The molecule has 1 atom stereocenters. The highest BCUT2D eigenvalue weighted by Crippen LogP contribution is 2.33. The average molecular weight is 193 g/mol. The summed E-state index contributed by atoms with van der Waals surface area (Å²) in [5, 5.41) is 4.11. The Labute approximate surface area is 83.9 Å². The van der Waals surface area contributed by atoms with Crippen LogP contribution < -0.4 is 5.32 Å². The second kappa shape index (κ2) is 4.16. The molecule has 0 saturated carbocycles. The van der Waals surface area contributed by atoms with Crippen molar-refractivity contribution < 1.29 is 0 Å². The quantitative estimate of drug-likeness (QED) is 0.775. The van der Waals surface area contributed by atoms with Crippen molar-refractivity contribution >= 4 is 11.8 Å². The minimum Gasteiger partial charge on any atom is -0.305 e. The topological polar surface area (TPSA) is 12.0 Å². The van der Waals surface area contributed by atoms with Crippen LogP contribution in [0.5, 0.6) is 0 Å². The van der Waals surface area contributed by atoms with E-state index < -0.39 is 0 Å². The molecular formula is C11H15NS. The van der Waals surface area contributed by atoms with Crippen molar-refractivity contribution in [3.63, 3.8) is 0 Å². The largest absolute Gasteiger partial charge is 0.305 e. The SMILES string of the molecule is CCNC1CCc2ccccc2S1. The number of nitrogens with one attached hydrogen (secondary N) is 1. The van der Waals surface area contributed by atoms with Gasteiger partial charge in [0.25, 0.3) is 0 Å². The van der Waals surface area contributed by atoms with E-state index >= 15 is 0 Å². The molecule has 0 aromatic heterocycles. The van der Waals surface area contributed by atoms with E-state index in [1.807, 2.05) is 11.8 Å².